The second-order valence-electron chi connectivity index (χ2n) is 1.12. The van der Waals surface area contributed by atoms with Crippen LogP contribution in [0, 0.1) is 0 Å². The van der Waals surface area contributed by atoms with E-state index >= 15 is 0 Å². The number of hydrogen-bond donors (Lipinski definition) is 5. The van der Waals surface area contributed by atoms with Crippen LogP contribution >= 0.6 is 12.2 Å². The van der Waals surface area contributed by atoms with Crippen molar-refractivity contribution in [1.29, 1.82) is 0 Å². The average molecular weight is 165 g/mol. The topological polar surface area (TPSA) is 119 Å². The molecule has 0 atom stereocenters. The van der Waals surface area contributed by atoms with E-state index in [1.54, 1.807) is 12.5 Å². The van der Waals surface area contributed by atoms with Crippen LogP contribution in [0.4, 0.5) is 4.79 Å². The lowest BCUT2D eigenvalue weighted by molar-refractivity contribution is 0.249. The summed E-state index contributed by atoms with van der Waals surface area (Å²) in [7, 11) is 1.68. The number of nitrogens with two attached hydrogens (primary N) is 3. The molecule has 2 amide bonds. The largest absolute Gasteiger partial charge is 0.376 e. The highest BCUT2D eigenvalue weighted by atomic mass is 32.1. The van der Waals surface area contributed by atoms with Crippen LogP contribution in [0.25, 0.3) is 0 Å². The fourth-order valence-corrected chi connectivity index (χ4v) is 0. The second kappa shape index (κ2) is 7.92. The first-order valence-electron chi connectivity index (χ1n) is 2.27. The first-order valence-corrected chi connectivity index (χ1v) is 2.68. The second-order valence-corrected chi connectivity index (χ2v) is 1.56. The van der Waals surface area contributed by atoms with Gasteiger partial charge in [-0.1, -0.05) is 0 Å². The number of carbonyl (C=O) groups excluding carboxylic acids is 1. The molecule has 60 valence electrons. The highest BCUT2D eigenvalue weighted by Crippen LogP contribution is 1.43. The van der Waals surface area contributed by atoms with Gasteiger partial charge < -0.3 is 16.8 Å². The van der Waals surface area contributed by atoms with Gasteiger partial charge in [0.25, 0.3) is 0 Å². The van der Waals surface area contributed by atoms with Crippen LogP contribution in [-0.4, -0.2) is 18.2 Å². The lowest BCUT2D eigenvalue weighted by Gasteiger charge is -1.85. The van der Waals surface area contributed by atoms with E-state index in [4.69, 9.17) is 5.73 Å². The number of hydrazine groups is 1. The Hall–Kier alpha value is -1.08. The number of carbonyl (C=O) groups is 1. The fourth-order valence-electron chi connectivity index (χ4n) is 0. The molecule has 0 fully saturated rings. The highest BCUT2D eigenvalue weighted by molar-refractivity contribution is 7.80. The molecular weight excluding hydrogens is 154 g/mol. The molecule has 0 aromatic heterocycles. The van der Waals surface area contributed by atoms with E-state index in [1.807, 2.05) is 0 Å². The first kappa shape index (κ1) is 11.7. The number of urea groups is 1. The standard InChI is InChI=1S/C2H6N2S.CH5N3O/c1-4-2(3)5;2-1(5)4-3/h1H3,(H3,3,4,5);3H2,(H3,2,4,5). The average Bonchev–Trinajstić information content (AvgIpc) is 1.89. The first-order chi connectivity index (χ1) is 4.54. The third-order valence-electron chi connectivity index (χ3n) is 0.389. The summed E-state index contributed by atoms with van der Waals surface area (Å²) >= 11 is 4.36. The number of nitrogens with one attached hydrogen (secondary N) is 2. The summed E-state index contributed by atoms with van der Waals surface area (Å²) in [5.74, 6) is 4.45. The van der Waals surface area contributed by atoms with Crippen molar-refractivity contribution in [3.8, 4) is 0 Å². The summed E-state index contributed by atoms with van der Waals surface area (Å²) in [6.45, 7) is 0. The molecule has 0 heterocycles. The Kier molecular flexibility index (Phi) is 9.25. The van der Waals surface area contributed by atoms with Crippen molar-refractivity contribution in [2.45, 2.75) is 0 Å². The quantitative estimate of drug-likeness (QED) is 0.123. The van der Waals surface area contributed by atoms with E-state index in [9.17, 15) is 4.79 Å². The maximum absolute atomic E-state index is 9.35. The maximum atomic E-state index is 9.35. The van der Waals surface area contributed by atoms with Gasteiger partial charge in [0.1, 0.15) is 0 Å². The molecule has 0 spiro atoms. The third kappa shape index (κ3) is 28.4. The zero-order valence-corrected chi connectivity index (χ0v) is 6.37. The third-order valence-corrected chi connectivity index (χ3v) is 0.593. The van der Waals surface area contributed by atoms with Crippen molar-refractivity contribution >= 4 is 23.4 Å². The van der Waals surface area contributed by atoms with Crippen LogP contribution in [0.5, 0.6) is 0 Å². The monoisotopic (exact) mass is 165 g/mol. The minimum Gasteiger partial charge on any atom is -0.376 e. The van der Waals surface area contributed by atoms with Crippen LogP contribution in [0.15, 0.2) is 0 Å². The van der Waals surface area contributed by atoms with Crippen molar-refractivity contribution in [3.63, 3.8) is 0 Å². The smallest absolute Gasteiger partial charge is 0.326 e. The molecule has 0 aromatic rings. The molecule has 0 aliphatic heterocycles. The van der Waals surface area contributed by atoms with E-state index in [1.165, 1.54) is 0 Å². The van der Waals surface area contributed by atoms with Crippen molar-refractivity contribution in [3.05, 3.63) is 0 Å². The van der Waals surface area contributed by atoms with Crippen LogP contribution in [0.2, 0.25) is 0 Å². The molecule has 10 heavy (non-hydrogen) atoms. The number of amides is 2. The molecule has 0 aliphatic rings. The van der Waals surface area contributed by atoms with Crippen LogP contribution in [0.3, 0.4) is 0 Å². The molecule has 0 rings (SSSR count). The fraction of sp³-hybridized carbons (Fsp3) is 0.333. The molecular formula is C3H11N5OS. The maximum Gasteiger partial charge on any atom is 0.326 e. The van der Waals surface area contributed by atoms with Gasteiger partial charge in [-0.15, -0.1) is 0 Å². The molecule has 0 aliphatic carbocycles. The van der Waals surface area contributed by atoms with Crippen LogP contribution < -0.4 is 28.1 Å². The summed E-state index contributed by atoms with van der Waals surface area (Å²) in [5, 5.41) is 2.88. The normalized spacial score (nSPS) is 6.60. The van der Waals surface area contributed by atoms with Gasteiger partial charge in [0.2, 0.25) is 0 Å². The van der Waals surface area contributed by atoms with Gasteiger partial charge in [0, 0.05) is 7.05 Å². The molecule has 0 aromatic carbocycles. The Labute approximate surface area is 64.1 Å². The van der Waals surface area contributed by atoms with Crippen molar-refractivity contribution in [2.75, 3.05) is 7.05 Å². The highest BCUT2D eigenvalue weighted by Gasteiger charge is 1.73. The van der Waals surface area contributed by atoms with E-state index in [0.717, 1.165) is 0 Å². The van der Waals surface area contributed by atoms with Gasteiger partial charge in [0.05, 0.1) is 0 Å². The number of rotatable bonds is 0. The molecule has 0 saturated heterocycles. The Bertz CT molecular complexity index is 101. The SMILES string of the molecule is CNC(N)=S.NNC(N)=O. The summed E-state index contributed by atoms with van der Waals surface area (Å²) in [5.41, 5.74) is 11.0. The summed E-state index contributed by atoms with van der Waals surface area (Å²) < 4.78 is 0. The zero-order chi connectivity index (χ0) is 8.57. The van der Waals surface area contributed by atoms with Gasteiger partial charge in [-0.05, 0) is 12.2 Å². The number of hydrogen-bond acceptors (Lipinski definition) is 3. The van der Waals surface area contributed by atoms with E-state index < -0.39 is 6.03 Å². The molecule has 0 bridgehead atoms. The van der Waals surface area contributed by atoms with E-state index in [2.05, 4.69) is 29.1 Å². The Balaban J connectivity index is 0. The summed E-state index contributed by atoms with van der Waals surface area (Å²) in [4.78, 5) is 9.35. The van der Waals surface area contributed by atoms with Gasteiger partial charge in [-0.25, -0.2) is 10.6 Å². The summed E-state index contributed by atoms with van der Waals surface area (Å²) in [6, 6.07) is -0.718. The Morgan fingerprint density at radius 2 is 1.70 bits per heavy atom. The molecule has 8 N–H and O–H groups in total. The molecule has 0 radical (unpaired) electrons. The van der Waals surface area contributed by atoms with Gasteiger partial charge in [-0.3, -0.25) is 5.43 Å². The van der Waals surface area contributed by atoms with Crippen molar-refractivity contribution in [2.24, 2.45) is 17.3 Å². The molecule has 6 nitrogen and oxygen atoms in total. The van der Waals surface area contributed by atoms with E-state index in [0.29, 0.717) is 5.11 Å². The van der Waals surface area contributed by atoms with Crippen molar-refractivity contribution < 1.29 is 4.79 Å². The predicted octanol–water partition coefficient (Wildman–Crippen LogP) is -2.02. The predicted molar refractivity (Wildman–Crippen MR) is 42.8 cm³/mol. The van der Waals surface area contributed by atoms with Crippen molar-refractivity contribution in [1.82, 2.24) is 10.7 Å². The zero-order valence-electron chi connectivity index (χ0n) is 5.55. The Morgan fingerprint density at radius 1 is 1.50 bits per heavy atom. The number of primary amides is 1. The van der Waals surface area contributed by atoms with Crippen LogP contribution in [-0.2, 0) is 0 Å². The van der Waals surface area contributed by atoms with Gasteiger partial charge in [0.15, 0.2) is 5.11 Å². The number of thiocarbonyl (C=S) groups is 1. The van der Waals surface area contributed by atoms with Crippen LogP contribution in [0.1, 0.15) is 0 Å². The molecule has 7 heteroatoms. The minimum atomic E-state index is -0.718. The molecule has 0 saturated carbocycles. The summed E-state index contributed by atoms with van der Waals surface area (Å²) in [6.07, 6.45) is 0. The molecule has 0 unspecified atom stereocenters. The van der Waals surface area contributed by atoms with Gasteiger partial charge >= 0.3 is 6.03 Å². The Morgan fingerprint density at radius 3 is 1.70 bits per heavy atom. The lowest BCUT2D eigenvalue weighted by Crippen LogP contribution is -2.34. The van der Waals surface area contributed by atoms with Gasteiger partial charge in [-0.2, -0.15) is 0 Å². The minimum absolute atomic E-state index is 0.338. The van der Waals surface area contributed by atoms with E-state index in [-0.39, 0.29) is 0 Å². The lowest BCUT2D eigenvalue weighted by atomic mass is 11.1.